The molecule has 1 heterocycles. The number of carbonyl (C=O) groups excluding carboxylic acids is 3. The van der Waals surface area contributed by atoms with E-state index in [0.717, 1.165) is 15.7 Å². The highest BCUT2D eigenvalue weighted by molar-refractivity contribution is 6.21. The number of fused-ring (bicyclic) bond motifs is 2. The summed E-state index contributed by atoms with van der Waals surface area (Å²) in [5.74, 6) is -0.446. The third-order valence-corrected chi connectivity index (χ3v) is 4.48. The molecule has 6 nitrogen and oxygen atoms in total. The predicted octanol–water partition coefficient (Wildman–Crippen LogP) is 3.08. The van der Waals surface area contributed by atoms with Gasteiger partial charge in [-0.1, -0.05) is 36.4 Å². The van der Waals surface area contributed by atoms with Crippen LogP contribution in [0, 0.1) is 0 Å². The monoisotopic (exact) mass is 360 g/mol. The van der Waals surface area contributed by atoms with Crippen LogP contribution in [0.15, 0.2) is 60.7 Å². The normalized spacial score (nSPS) is 13.0. The lowest BCUT2D eigenvalue weighted by Gasteiger charge is -2.10. The summed E-state index contributed by atoms with van der Waals surface area (Å²) in [7, 11) is 1.43. The molecule has 3 aromatic carbocycles. The first-order valence-corrected chi connectivity index (χ1v) is 8.41. The van der Waals surface area contributed by atoms with Crippen LogP contribution in [0.5, 0.6) is 5.75 Å². The molecule has 6 heteroatoms. The zero-order chi connectivity index (χ0) is 19.0. The maximum Gasteiger partial charge on any atom is 0.262 e. The zero-order valence-corrected chi connectivity index (χ0v) is 14.6. The van der Waals surface area contributed by atoms with Crippen molar-refractivity contribution in [2.24, 2.45) is 0 Å². The summed E-state index contributed by atoms with van der Waals surface area (Å²) in [5.41, 5.74) is 1.07. The molecule has 0 atom stereocenters. The Kier molecular flexibility index (Phi) is 4.08. The third-order valence-electron chi connectivity index (χ3n) is 4.48. The second-order valence-electron chi connectivity index (χ2n) is 6.24. The third kappa shape index (κ3) is 3.01. The summed E-state index contributed by atoms with van der Waals surface area (Å²) in [4.78, 5) is 37.2. The fraction of sp³-hybridized carbons (Fsp3) is 0.0952. The molecule has 4 rings (SSSR count). The van der Waals surface area contributed by atoms with Gasteiger partial charge in [0.1, 0.15) is 5.75 Å². The van der Waals surface area contributed by atoms with Gasteiger partial charge in [-0.2, -0.15) is 0 Å². The van der Waals surface area contributed by atoms with E-state index < -0.39 is 0 Å². The maximum absolute atomic E-state index is 12.2. The van der Waals surface area contributed by atoms with Gasteiger partial charge in [0.15, 0.2) is 6.61 Å². The molecular weight excluding hydrogens is 344 g/mol. The molecular formula is C21H16N2O4. The highest BCUT2D eigenvalue weighted by atomic mass is 16.5. The van der Waals surface area contributed by atoms with Gasteiger partial charge in [0.25, 0.3) is 17.7 Å². The maximum atomic E-state index is 12.2. The Morgan fingerprint density at radius 2 is 1.70 bits per heavy atom. The van der Waals surface area contributed by atoms with Crippen molar-refractivity contribution in [1.29, 1.82) is 0 Å². The summed E-state index contributed by atoms with van der Waals surface area (Å²) in [5, 5.41) is 4.65. The number of nitrogens with one attached hydrogen (secondary N) is 1. The van der Waals surface area contributed by atoms with Crippen LogP contribution in [-0.2, 0) is 4.79 Å². The zero-order valence-electron chi connectivity index (χ0n) is 14.6. The molecule has 0 saturated heterocycles. The molecule has 0 aliphatic carbocycles. The number of ether oxygens (including phenoxy) is 1. The second-order valence-corrected chi connectivity index (χ2v) is 6.24. The summed E-state index contributed by atoms with van der Waals surface area (Å²) in [6.45, 7) is -0.169. The molecule has 1 aliphatic rings. The molecule has 0 saturated carbocycles. The summed E-state index contributed by atoms with van der Waals surface area (Å²) in [6.07, 6.45) is 0. The lowest BCUT2D eigenvalue weighted by Crippen LogP contribution is -2.24. The van der Waals surface area contributed by atoms with Gasteiger partial charge in [-0.15, -0.1) is 0 Å². The van der Waals surface area contributed by atoms with Gasteiger partial charge in [-0.05, 0) is 29.7 Å². The summed E-state index contributed by atoms with van der Waals surface area (Å²) < 4.78 is 5.66. The number of hydrogen-bond donors (Lipinski definition) is 1. The molecule has 0 fully saturated rings. The first-order chi connectivity index (χ1) is 13.0. The average molecular weight is 360 g/mol. The van der Waals surface area contributed by atoms with E-state index in [1.807, 2.05) is 42.5 Å². The van der Waals surface area contributed by atoms with Gasteiger partial charge in [0, 0.05) is 18.1 Å². The minimum atomic E-state index is -0.377. The van der Waals surface area contributed by atoms with Crippen molar-refractivity contribution in [2.45, 2.75) is 0 Å². The van der Waals surface area contributed by atoms with Crippen LogP contribution in [-0.4, -0.2) is 36.3 Å². The summed E-state index contributed by atoms with van der Waals surface area (Å²) in [6, 6.07) is 18.1. The lowest BCUT2D eigenvalue weighted by atomic mass is 10.1. The van der Waals surface area contributed by atoms with Crippen LogP contribution in [0.25, 0.3) is 10.8 Å². The number of nitrogens with zero attached hydrogens (tertiary/aromatic N) is 1. The quantitative estimate of drug-likeness (QED) is 0.726. The number of amides is 3. The van der Waals surface area contributed by atoms with Gasteiger partial charge >= 0.3 is 0 Å². The van der Waals surface area contributed by atoms with Crippen LogP contribution in [0.1, 0.15) is 20.7 Å². The van der Waals surface area contributed by atoms with Crippen LogP contribution >= 0.6 is 0 Å². The molecule has 0 radical (unpaired) electrons. The Bertz CT molecular complexity index is 1090. The van der Waals surface area contributed by atoms with E-state index in [-0.39, 0.29) is 29.9 Å². The topological polar surface area (TPSA) is 75.7 Å². The largest absolute Gasteiger partial charge is 0.483 e. The van der Waals surface area contributed by atoms with Crippen molar-refractivity contribution in [1.82, 2.24) is 4.90 Å². The lowest BCUT2D eigenvalue weighted by molar-refractivity contribution is -0.118. The number of rotatable bonds is 4. The van der Waals surface area contributed by atoms with Gasteiger partial charge in [0.05, 0.1) is 11.1 Å². The smallest absolute Gasteiger partial charge is 0.262 e. The molecule has 3 amide bonds. The Morgan fingerprint density at radius 3 is 2.56 bits per heavy atom. The van der Waals surface area contributed by atoms with Crippen molar-refractivity contribution < 1.29 is 19.1 Å². The van der Waals surface area contributed by atoms with E-state index in [4.69, 9.17) is 4.74 Å². The Balaban J connectivity index is 1.46. The van der Waals surface area contributed by atoms with Gasteiger partial charge in [-0.25, -0.2) is 0 Å². The molecule has 27 heavy (non-hydrogen) atoms. The number of imide groups is 1. The van der Waals surface area contributed by atoms with Crippen LogP contribution in [0.4, 0.5) is 5.69 Å². The first-order valence-electron chi connectivity index (χ1n) is 8.41. The van der Waals surface area contributed by atoms with Crippen LogP contribution in [0.3, 0.4) is 0 Å². The highest BCUT2D eigenvalue weighted by Gasteiger charge is 2.32. The van der Waals surface area contributed by atoms with Crippen LogP contribution in [0.2, 0.25) is 0 Å². The Hall–Kier alpha value is -3.67. The van der Waals surface area contributed by atoms with Crippen molar-refractivity contribution >= 4 is 34.2 Å². The number of hydrogen-bond acceptors (Lipinski definition) is 4. The molecule has 0 aromatic heterocycles. The molecule has 1 N–H and O–H groups in total. The number of carbonyl (C=O) groups is 3. The Labute approximate surface area is 155 Å². The number of benzene rings is 3. The van der Waals surface area contributed by atoms with Crippen LogP contribution < -0.4 is 10.1 Å². The summed E-state index contributed by atoms with van der Waals surface area (Å²) >= 11 is 0. The minimum absolute atomic E-state index is 0.169. The van der Waals surface area contributed by atoms with E-state index >= 15 is 0 Å². The van der Waals surface area contributed by atoms with Gasteiger partial charge in [-0.3, -0.25) is 19.3 Å². The molecule has 0 bridgehead atoms. The average Bonchev–Trinajstić information content (AvgIpc) is 2.90. The van der Waals surface area contributed by atoms with Crippen molar-refractivity contribution in [2.75, 3.05) is 19.0 Å². The molecule has 134 valence electrons. The Morgan fingerprint density at radius 1 is 0.963 bits per heavy atom. The molecule has 1 aliphatic heterocycles. The minimum Gasteiger partial charge on any atom is -0.483 e. The van der Waals surface area contributed by atoms with Crippen molar-refractivity contribution in [3.05, 3.63) is 71.8 Å². The van der Waals surface area contributed by atoms with E-state index in [1.54, 1.807) is 12.1 Å². The molecule has 0 unspecified atom stereocenters. The first kappa shape index (κ1) is 16.8. The standard InChI is InChI=1S/C21H16N2O4/c1-23-20(25)16-10-9-14(11-17(16)21(23)26)22-19(24)12-27-18-8-4-6-13-5-2-3-7-15(13)18/h2-11H,12H2,1H3,(H,22,24). The fourth-order valence-electron chi connectivity index (χ4n) is 3.10. The van der Waals surface area contributed by atoms with Crippen molar-refractivity contribution in [3.8, 4) is 5.75 Å². The van der Waals surface area contributed by atoms with E-state index in [0.29, 0.717) is 17.0 Å². The van der Waals surface area contributed by atoms with E-state index in [1.165, 1.54) is 13.1 Å². The van der Waals surface area contributed by atoms with E-state index in [2.05, 4.69) is 5.32 Å². The predicted molar refractivity (Wildman–Crippen MR) is 101 cm³/mol. The second kappa shape index (κ2) is 6.57. The van der Waals surface area contributed by atoms with Crippen molar-refractivity contribution in [3.63, 3.8) is 0 Å². The number of anilines is 1. The SMILES string of the molecule is CN1C(=O)c2ccc(NC(=O)COc3cccc4ccccc34)cc2C1=O. The van der Waals surface area contributed by atoms with Gasteiger partial charge in [0.2, 0.25) is 0 Å². The van der Waals surface area contributed by atoms with E-state index in [9.17, 15) is 14.4 Å². The highest BCUT2D eigenvalue weighted by Crippen LogP contribution is 2.26. The fourth-order valence-corrected chi connectivity index (χ4v) is 3.10. The van der Waals surface area contributed by atoms with Gasteiger partial charge < -0.3 is 10.1 Å². The molecule has 3 aromatic rings. The molecule has 0 spiro atoms.